The Morgan fingerprint density at radius 2 is 1.19 bits per heavy atom. The number of fused-ring (bicyclic) bond motifs is 7. The molecule has 0 atom stereocenters. The molecule has 314 valence electrons. The molecule has 3 heterocycles. The Morgan fingerprint density at radius 3 is 1.81 bits per heavy atom. The van der Waals surface area contributed by atoms with E-state index in [1.54, 1.807) is 0 Å². The number of hydrogen-bond acceptors (Lipinski definition) is 3. The number of aryl methyl sites for hydroxylation is 1. The van der Waals surface area contributed by atoms with Gasteiger partial charge in [-0.25, -0.2) is 0 Å². The summed E-state index contributed by atoms with van der Waals surface area (Å²) in [5.74, 6) is 0.460. The average molecular weight is 831 g/mol. The summed E-state index contributed by atoms with van der Waals surface area (Å²) in [6.45, 7) is 30.9. The molecule has 0 fully saturated rings. The van der Waals surface area contributed by atoms with E-state index in [-0.39, 0.29) is 28.4 Å². The number of rotatable bonds is 4. The van der Waals surface area contributed by atoms with Gasteiger partial charge in [-0.1, -0.05) is 144 Å². The van der Waals surface area contributed by atoms with Crippen LogP contribution in [0.15, 0.2) is 115 Å². The molecule has 0 saturated heterocycles. The van der Waals surface area contributed by atoms with E-state index in [0.717, 1.165) is 0 Å². The molecule has 7 aromatic rings. The summed E-state index contributed by atoms with van der Waals surface area (Å²) in [5.41, 5.74) is 21.5. The first-order chi connectivity index (χ1) is 29.2. The fraction of sp³-hybridized carbons (Fsp3) is 0.345. The molecule has 0 bridgehead atoms. The van der Waals surface area contributed by atoms with Crippen LogP contribution in [0.4, 0.5) is 34.1 Å². The molecule has 4 heteroatoms. The average Bonchev–Trinajstić information content (AvgIpc) is 3.59. The largest absolute Gasteiger partial charge is 0.311 e. The van der Waals surface area contributed by atoms with Crippen LogP contribution in [0.25, 0.3) is 21.2 Å². The summed E-state index contributed by atoms with van der Waals surface area (Å²) < 4.78 is 2.84. The molecule has 0 spiro atoms. The molecular weight excluding hydrogens is 768 g/mol. The van der Waals surface area contributed by atoms with Crippen molar-refractivity contribution in [3.05, 3.63) is 149 Å². The van der Waals surface area contributed by atoms with Crippen LogP contribution in [0.5, 0.6) is 0 Å². The van der Waals surface area contributed by atoms with E-state index >= 15 is 0 Å². The van der Waals surface area contributed by atoms with Gasteiger partial charge in [-0.05, 0) is 152 Å². The molecule has 0 radical (unpaired) electrons. The van der Waals surface area contributed by atoms with Gasteiger partial charge in [0.05, 0.1) is 11.4 Å². The number of hydrogen-bond donors (Lipinski definition) is 0. The summed E-state index contributed by atoms with van der Waals surface area (Å²) in [4.78, 5) is 5.28. The molecular formula is C58H63BN2S. The van der Waals surface area contributed by atoms with Crippen molar-refractivity contribution in [1.29, 1.82) is 0 Å². The van der Waals surface area contributed by atoms with E-state index in [1.165, 1.54) is 117 Å². The van der Waals surface area contributed by atoms with Crippen LogP contribution in [-0.2, 0) is 21.7 Å². The Labute approximate surface area is 376 Å². The van der Waals surface area contributed by atoms with Crippen molar-refractivity contribution in [2.45, 2.75) is 130 Å². The molecule has 2 aliphatic heterocycles. The molecule has 0 saturated carbocycles. The van der Waals surface area contributed by atoms with Gasteiger partial charge in [-0.15, -0.1) is 11.3 Å². The predicted octanol–water partition coefficient (Wildman–Crippen LogP) is 15.0. The SMILES string of the molecule is Cc1cc2c3c(c1)N(c1ccc(C(C)C)cc1)c1c(sc4cc5c(cc14)C(C)(C)CCC5(C)C)B3c1cc(C(C)(C)C)ccc1N2c1ccc(C(C)(C)C)cc1-c1ccccc1. The zero-order valence-corrected chi connectivity index (χ0v) is 40.2. The van der Waals surface area contributed by atoms with Crippen LogP contribution in [0, 0.1) is 6.92 Å². The number of anilines is 6. The van der Waals surface area contributed by atoms with Crippen molar-refractivity contribution in [3.63, 3.8) is 0 Å². The van der Waals surface area contributed by atoms with E-state index in [1.807, 2.05) is 11.3 Å². The maximum Gasteiger partial charge on any atom is 0.264 e. The molecule has 0 N–H and O–H groups in total. The lowest BCUT2D eigenvalue weighted by Crippen LogP contribution is -2.60. The predicted molar refractivity (Wildman–Crippen MR) is 273 cm³/mol. The van der Waals surface area contributed by atoms with Crippen molar-refractivity contribution in [3.8, 4) is 11.1 Å². The van der Waals surface area contributed by atoms with Gasteiger partial charge in [0, 0.05) is 43.2 Å². The van der Waals surface area contributed by atoms with Crippen molar-refractivity contribution in [1.82, 2.24) is 0 Å². The molecule has 3 aliphatic rings. The summed E-state index contributed by atoms with van der Waals surface area (Å²) >= 11 is 2.04. The minimum atomic E-state index is -0.0160. The Balaban J connectivity index is 1.33. The van der Waals surface area contributed by atoms with E-state index < -0.39 is 0 Å². The topological polar surface area (TPSA) is 6.48 Å². The smallest absolute Gasteiger partial charge is 0.264 e. The Bertz CT molecular complexity index is 2920. The van der Waals surface area contributed by atoms with Crippen molar-refractivity contribution < 1.29 is 0 Å². The van der Waals surface area contributed by atoms with Gasteiger partial charge in [-0.2, -0.15) is 0 Å². The minimum absolute atomic E-state index is 0.00388. The van der Waals surface area contributed by atoms with Gasteiger partial charge in [0.1, 0.15) is 0 Å². The van der Waals surface area contributed by atoms with Gasteiger partial charge in [0.25, 0.3) is 6.71 Å². The second kappa shape index (κ2) is 14.0. The van der Waals surface area contributed by atoms with E-state index in [4.69, 9.17) is 0 Å². The van der Waals surface area contributed by atoms with Crippen molar-refractivity contribution in [2.75, 3.05) is 9.80 Å². The van der Waals surface area contributed by atoms with E-state index in [9.17, 15) is 0 Å². The van der Waals surface area contributed by atoms with E-state index in [0.29, 0.717) is 5.92 Å². The van der Waals surface area contributed by atoms with Crippen LogP contribution >= 0.6 is 11.3 Å². The van der Waals surface area contributed by atoms with Crippen molar-refractivity contribution in [2.24, 2.45) is 0 Å². The first kappa shape index (κ1) is 41.0. The number of thiophene rings is 1. The highest BCUT2D eigenvalue weighted by molar-refractivity contribution is 7.33. The quantitative estimate of drug-likeness (QED) is 0.163. The molecule has 0 amide bonds. The standard InChI is InChI=1S/C58H63BN2S/c1-35(2)37-19-23-41(24-20-37)60-49-29-36(3)30-50-52(49)59(54-53(60)43-33-44-45(34-51(43)62-54)58(12,13)28-27-57(44,10)11)46-32-40(56(7,8)9)22-26-48(46)61(50)47-25-21-39(55(4,5)6)31-42(47)38-17-15-14-16-18-38/h14-26,29-35H,27-28H2,1-13H3. The first-order valence-electron chi connectivity index (χ1n) is 23.0. The zero-order valence-electron chi connectivity index (χ0n) is 39.3. The summed E-state index contributed by atoms with van der Waals surface area (Å²) in [6, 6.07) is 45.4. The highest BCUT2D eigenvalue weighted by Crippen LogP contribution is 2.53. The monoisotopic (exact) mass is 830 g/mol. The van der Waals surface area contributed by atoms with Crippen LogP contribution < -0.4 is 25.5 Å². The minimum Gasteiger partial charge on any atom is -0.311 e. The van der Waals surface area contributed by atoms with Crippen LogP contribution in [-0.4, -0.2) is 6.71 Å². The Kier molecular flexibility index (Phi) is 9.24. The third-order valence-electron chi connectivity index (χ3n) is 14.7. The van der Waals surface area contributed by atoms with Gasteiger partial charge in [-0.3, -0.25) is 0 Å². The van der Waals surface area contributed by atoms with Crippen LogP contribution in [0.1, 0.15) is 135 Å². The lowest BCUT2D eigenvalue weighted by Gasteiger charge is -2.44. The van der Waals surface area contributed by atoms with Crippen LogP contribution in [0.2, 0.25) is 0 Å². The molecule has 10 rings (SSSR count). The zero-order chi connectivity index (χ0) is 43.8. The normalized spacial score (nSPS) is 16.3. The molecule has 1 aromatic heterocycles. The highest BCUT2D eigenvalue weighted by atomic mass is 32.1. The van der Waals surface area contributed by atoms with Crippen molar-refractivity contribution >= 4 is 78.0 Å². The van der Waals surface area contributed by atoms with Gasteiger partial charge in [0.15, 0.2) is 0 Å². The Morgan fingerprint density at radius 1 is 0.613 bits per heavy atom. The molecule has 2 nitrogen and oxygen atoms in total. The highest BCUT2D eigenvalue weighted by Gasteiger charge is 2.47. The number of nitrogens with zero attached hydrogens (tertiary/aromatic N) is 2. The summed E-state index contributed by atoms with van der Waals surface area (Å²) in [6.07, 6.45) is 2.40. The number of benzene rings is 6. The molecule has 6 aromatic carbocycles. The second-order valence-corrected chi connectivity index (χ2v) is 23.5. The second-order valence-electron chi connectivity index (χ2n) is 22.4. The first-order valence-corrected chi connectivity index (χ1v) is 23.9. The van der Waals surface area contributed by atoms with E-state index in [2.05, 4.69) is 215 Å². The fourth-order valence-corrected chi connectivity index (χ4v) is 12.1. The lowest BCUT2D eigenvalue weighted by atomic mass is 9.36. The third-order valence-corrected chi connectivity index (χ3v) is 15.9. The summed E-state index contributed by atoms with van der Waals surface area (Å²) in [5, 5.41) is 1.39. The van der Waals surface area contributed by atoms with Gasteiger partial charge < -0.3 is 9.80 Å². The molecule has 1 aliphatic carbocycles. The molecule has 0 unspecified atom stereocenters. The lowest BCUT2D eigenvalue weighted by molar-refractivity contribution is 0.332. The van der Waals surface area contributed by atoms with Gasteiger partial charge in [0.2, 0.25) is 0 Å². The summed E-state index contributed by atoms with van der Waals surface area (Å²) in [7, 11) is 0. The Hall–Kier alpha value is -5.06. The maximum atomic E-state index is 2.66. The van der Waals surface area contributed by atoms with Crippen LogP contribution in [0.3, 0.4) is 0 Å². The fourth-order valence-electron chi connectivity index (χ4n) is 10.7. The third kappa shape index (κ3) is 6.41. The van der Waals surface area contributed by atoms with Gasteiger partial charge >= 0.3 is 0 Å². The molecule has 62 heavy (non-hydrogen) atoms. The maximum absolute atomic E-state index is 2.66.